The van der Waals surface area contributed by atoms with Gasteiger partial charge in [-0.05, 0) is 77.1 Å². The number of carbonyl (C=O) groups is 2. The molecule has 3 aliphatic heterocycles. The minimum Gasteiger partial charge on any atom is -0.356 e. The molecule has 0 aliphatic carbocycles. The molecule has 1 aromatic carbocycles. The van der Waals surface area contributed by atoms with Gasteiger partial charge in [-0.2, -0.15) is 0 Å². The fourth-order valence-corrected chi connectivity index (χ4v) is 6.51. The monoisotopic (exact) mass is 547 g/mol. The highest BCUT2D eigenvalue weighted by atomic mass is 19.1. The Labute approximate surface area is 231 Å². The molecule has 3 aromatic rings. The van der Waals surface area contributed by atoms with Crippen molar-refractivity contribution in [3.05, 3.63) is 69.3 Å². The number of rotatable bonds is 8. The molecule has 6 rings (SSSR count). The molecule has 1 atom stereocenters. The Bertz CT molecular complexity index is 1520. The number of benzene rings is 1. The first-order valence-electron chi connectivity index (χ1n) is 14.3. The molecular weight excluding hydrogens is 513 g/mol. The standard InChI is InChI=1S/C30H34FN5O4/c1-19-23(12-17-34-15-10-20(11-16-34)28-24-7-6-22(31)18-25(24)40-33-28)30(39)36-14-3-5-21(29(36)32-19)4-2-13-35-26(37)8-9-27(35)38/h6-9,18,20-21H,2-5,10-17H2,1H3. The van der Waals surface area contributed by atoms with Gasteiger partial charge in [-0.1, -0.05) is 5.16 Å². The Kier molecular flexibility index (Phi) is 7.35. The zero-order valence-corrected chi connectivity index (χ0v) is 22.8. The molecule has 3 aliphatic rings. The lowest BCUT2D eigenvalue weighted by molar-refractivity contribution is -0.136. The van der Waals surface area contributed by atoms with Gasteiger partial charge in [0, 0.05) is 66.3 Å². The molecule has 40 heavy (non-hydrogen) atoms. The lowest BCUT2D eigenvalue weighted by atomic mass is 9.91. The molecule has 9 nitrogen and oxygen atoms in total. The molecule has 2 amide bonds. The minimum absolute atomic E-state index is 0.0671. The molecular formula is C30H34FN5O4. The number of hydrogen-bond donors (Lipinski definition) is 0. The topological polar surface area (TPSA) is 102 Å². The van der Waals surface area contributed by atoms with Gasteiger partial charge in [0.2, 0.25) is 0 Å². The highest BCUT2D eigenvalue weighted by Gasteiger charge is 2.28. The Morgan fingerprint density at radius 1 is 1.02 bits per heavy atom. The molecule has 1 fully saturated rings. The smallest absolute Gasteiger partial charge is 0.256 e. The van der Waals surface area contributed by atoms with E-state index in [0.29, 0.717) is 31.5 Å². The third kappa shape index (κ3) is 5.12. The summed E-state index contributed by atoms with van der Waals surface area (Å²) in [5.74, 6) is 0.436. The number of imide groups is 1. The molecule has 210 valence electrons. The summed E-state index contributed by atoms with van der Waals surface area (Å²) in [5.41, 5.74) is 3.05. The zero-order valence-electron chi connectivity index (χ0n) is 22.8. The van der Waals surface area contributed by atoms with Crippen LogP contribution in [0.1, 0.15) is 73.1 Å². The van der Waals surface area contributed by atoms with Crippen LogP contribution in [-0.4, -0.2) is 62.5 Å². The average molecular weight is 548 g/mol. The molecule has 0 saturated carbocycles. The normalized spacial score (nSPS) is 20.1. The Hall–Kier alpha value is -3.66. The second-order valence-corrected chi connectivity index (χ2v) is 11.2. The van der Waals surface area contributed by atoms with Gasteiger partial charge < -0.3 is 9.42 Å². The Morgan fingerprint density at radius 3 is 2.58 bits per heavy atom. The third-order valence-electron chi connectivity index (χ3n) is 8.75. The van der Waals surface area contributed by atoms with Gasteiger partial charge in [0.15, 0.2) is 5.58 Å². The quantitative estimate of drug-likeness (QED) is 0.395. The maximum atomic E-state index is 13.5. The van der Waals surface area contributed by atoms with Crippen molar-refractivity contribution in [1.29, 1.82) is 0 Å². The number of piperidine rings is 1. The molecule has 0 radical (unpaired) electrons. The maximum absolute atomic E-state index is 13.5. The fourth-order valence-electron chi connectivity index (χ4n) is 6.51. The van der Waals surface area contributed by atoms with E-state index in [1.165, 1.54) is 29.2 Å². The third-order valence-corrected chi connectivity index (χ3v) is 8.75. The van der Waals surface area contributed by atoms with Crippen molar-refractivity contribution in [3.8, 4) is 0 Å². The summed E-state index contributed by atoms with van der Waals surface area (Å²) in [6, 6.07) is 4.58. The van der Waals surface area contributed by atoms with E-state index in [0.717, 1.165) is 79.9 Å². The predicted octanol–water partition coefficient (Wildman–Crippen LogP) is 3.84. The highest BCUT2D eigenvalue weighted by Crippen LogP contribution is 2.33. The van der Waals surface area contributed by atoms with Crippen LogP contribution in [-0.2, 0) is 22.6 Å². The predicted molar refractivity (Wildman–Crippen MR) is 146 cm³/mol. The summed E-state index contributed by atoms with van der Waals surface area (Å²) in [7, 11) is 0. The first kappa shape index (κ1) is 26.6. The van der Waals surface area contributed by atoms with E-state index in [9.17, 15) is 18.8 Å². The van der Waals surface area contributed by atoms with Gasteiger partial charge in [0.25, 0.3) is 17.4 Å². The summed E-state index contributed by atoms with van der Waals surface area (Å²) in [5, 5.41) is 5.13. The minimum atomic E-state index is -0.325. The van der Waals surface area contributed by atoms with Crippen LogP contribution in [0.15, 0.2) is 39.7 Å². The van der Waals surface area contributed by atoms with Crippen molar-refractivity contribution in [2.24, 2.45) is 0 Å². The summed E-state index contributed by atoms with van der Waals surface area (Å²) in [4.78, 5) is 45.8. The maximum Gasteiger partial charge on any atom is 0.256 e. The van der Waals surface area contributed by atoms with Crippen molar-refractivity contribution < 1.29 is 18.5 Å². The van der Waals surface area contributed by atoms with Gasteiger partial charge in [-0.3, -0.25) is 23.9 Å². The van der Waals surface area contributed by atoms with Crippen molar-refractivity contribution >= 4 is 22.8 Å². The first-order valence-corrected chi connectivity index (χ1v) is 14.3. The molecule has 0 N–H and O–H groups in total. The molecule has 0 bridgehead atoms. The van der Waals surface area contributed by atoms with E-state index in [1.807, 2.05) is 11.5 Å². The van der Waals surface area contributed by atoms with E-state index < -0.39 is 0 Å². The number of aromatic nitrogens is 3. The molecule has 1 unspecified atom stereocenters. The lowest BCUT2D eigenvalue weighted by Crippen LogP contribution is -2.38. The van der Waals surface area contributed by atoms with Gasteiger partial charge >= 0.3 is 0 Å². The van der Waals surface area contributed by atoms with Gasteiger partial charge in [0.05, 0.1) is 5.69 Å². The van der Waals surface area contributed by atoms with Crippen LogP contribution >= 0.6 is 0 Å². The molecule has 0 spiro atoms. The molecule has 1 saturated heterocycles. The second-order valence-electron chi connectivity index (χ2n) is 11.2. The lowest BCUT2D eigenvalue weighted by Gasteiger charge is -2.31. The summed E-state index contributed by atoms with van der Waals surface area (Å²) >= 11 is 0. The van der Waals surface area contributed by atoms with E-state index in [2.05, 4.69) is 10.1 Å². The van der Waals surface area contributed by atoms with E-state index in [1.54, 1.807) is 6.07 Å². The van der Waals surface area contributed by atoms with Crippen LogP contribution in [0.25, 0.3) is 11.0 Å². The van der Waals surface area contributed by atoms with Crippen LogP contribution in [0, 0.1) is 12.7 Å². The van der Waals surface area contributed by atoms with Gasteiger partial charge in [0.1, 0.15) is 11.6 Å². The Morgan fingerprint density at radius 2 is 1.80 bits per heavy atom. The summed E-state index contributed by atoms with van der Waals surface area (Å²) in [6.07, 6.45) is 8.51. The number of carbonyl (C=O) groups excluding carboxylic acids is 2. The van der Waals surface area contributed by atoms with Crippen molar-refractivity contribution in [1.82, 2.24) is 24.5 Å². The first-order chi connectivity index (χ1) is 19.4. The largest absolute Gasteiger partial charge is 0.356 e. The van der Waals surface area contributed by atoms with Crippen molar-refractivity contribution in [2.45, 2.75) is 70.3 Å². The number of halogens is 1. The van der Waals surface area contributed by atoms with Gasteiger partial charge in [-0.15, -0.1) is 0 Å². The van der Waals surface area contributed by atoms with Crippen LogP contribution < -0.4 is 5.56 Å². The molecule has 5 heterocycles. The van der Waals surface area contributed by atoms with Gasteiger partial charge in [-0.25, -0.2) is 9.37 Å². The highest BCUT2D eigenvalue weighted by molar-refractivity contribution is 6.12. The number of fused-ring (bicyclic) bond motifs is 2. The van der Waals surface area contributed by atoms with Crippen LogP contribution in [0.5, 0.6) is 0 Å². The fraction of sp³-hybridized carbons (Fsp3) is 0.500. The van der Waals surface area contributed by atoms with Crippen molar-refractivity contribution in [3.63, 3.8) is 0 Å². The van der Waals surface area contributed by atoms with E-state index in [4.69, 9.17) is 9.51 Å². The van der Waals surface area contributed by atoms with Crippen LogP contribution in [0.4, 0.5) is 4.39 Å². The van der Waals surface area contributed by atoms with E-state index >= 15 is 0 Å². The number of aryl methyl sites for hydroxylation is 1. The number of amides is 2. The van der Waals surface area contributed by atoms with E-state index in [-0.39, 0.29) is 35.0 Å². The number of likely N-dealkylation sites (tertiary alicyclic amines) is 1. The van der Waals surface area contributed by atoms with Crippen molar-refractivity contribution in [2.75, 3.05) is 26.2 Å². The van der Waals surface area contributed by atoms with Crippen LogP contribution in [0.3, 0.4) is 0 Å². The molecule has 2 aromatic heterocycles. The molecule has 10 heteroatoms. The second kappa shape index (κ2) is 11.1. The summed E-state index contributed by atoms with van der Waals surface area (Å²) < 4.78 is 20.7. The number of hydrogen-bond acceptors (Lipinski definition) is 7. The number of nitrogens with zero attached hydrogens (tertiary/aromatic N) is 5. The van der Waals surface area contributed by atoms with Crippen LogP contribution in [0.2, 0.25) is 0 Å². The SMILES string of the molecule is Cc1nc2n(c(=O)c1CCN1CCC(c3noc4cc(F)ccc34)CC1)CCCC2CCCN1C(=O)C=CC1=O. The summed E-state index contributed by atoms with van der Waals surface area (Å²) in [6.45, 7) is 5.60. The zero-order chi connectivity index (χ0) is 27.8. The average Bonchev–Trinajstić information content (AvgIpc) is 3.51. The Balaban J connectivity index is 1.06.